The molecule has 7 heteroatoms. The molecule has 0 unspecified atom stereocenters. The van der Waals surface area contributed by atoms with Crippen molar-refractivity contribution in [3.63, 3.8) is 0 Å². The molecule has 0 radical (unpaired) electrons. The van der Waals surface area contributed by atoms with Crippen molar-refractivity contribution in [2.75, 3.05) is 5.73 Å². The summed E-state index contributed by atoms with van der Waals surface area (Å²) in [4.78, 5) is 22.7. The van der Waals surface area contributed by atoms with Crippen LogP contribution in [0.2, 0.25) is 0 Å². The van der Waals surface area contributed by atoms with Crippen LogP contribution in [0, 0.1) is 0 Å². The number of rotatable bonds is 4. The lowest BCUT2D eigenvalue weighted by Crippen LogP contribution is -2.46. The summed E-state index contributed by atoms with van der Waals surface area (Å²) >= 11 is 0. The van der Waals surface area contributed by atoms with Crippen LogP contribution in [-0.2, 0) is 11.8 Å². The molecule has 7 nitrogen and oxygen atoms in total. The highest BCUT2D eigenvalue weighted by Crippen LogP contribution is 2.13. The number of amides is 2. The van der Waals surface area contributed by atoms with E-state index in [1.54, 1.807) is 20.9 Å². The van der Waals surface area contributed by atoms with Gasteiger partial charge in [0, 0.05) is 19.0 Å². The highest BCUT2D eigenvalue weighted by atomic mass is 16.2. The van der Waals surface area contributed by atoms with Gasteiger partial charge in [-0.25, -0.2) is 0 Å². The predicted octanol–water partition coefficient (Wildman–Crippen LogP) is -0.614. The minimum Gasteiger partial charge on any atom is -0.383 e. The molecule has 5 N–H and O–H groups in total. The van der Waals surface area contributed by atoms with E-state index in [1.807, 2.05) is 0 Å². The van der Waals surface area contributed by atoms with Gasteiger partial charge in [0.25, 0.3) is 5.91 Å². The van der Waals surface area contributed by atoms with Gasteiger partial charge in [0.15, 0.2) is 0 Å². The molecule has 0 saturated carbocycles. The zero-order valence-corrected chi connectivity index (χ0v) is 10.2. The number of carbonyl (C=O) groups excluding carboxylic acids is 2. The highest BCUT2D eigenvalue weighted by molar-refractivity contribution is 5.98. The van der Waals surface area contributed by atoms with Crippen molar-refractivity contribution in [2.24, 2.45) is 12.8 Å². The topological polar surface area (TPSA) is 116 Å². The Hall–Kier alpha value is -2.05. The van der Waals surface area contributed by atoms with E-state index in [4.69, 9.17) is 11.5 Å². The molecule has 2 amide bonds. The fourth-order valence-electron chi connectivity index (χ4n) is 1.48. The Morgan fingerprint density at radius 1 is 1.53 bits per heavy atom. The fraction of sp³-hybridized carbons (Fsp3) is 0.500. The number of anilines is 1. The van der Waals surface area contributed by atoms with E-state index in [9.17, 15) is 9.59 Å². The Bertz CT molecular complexity index is 450. The van der Waals surface area contributed by atoms with E-state index >= 15 is 0 Å². The third-order valence-electron chi connectivity index (χ3n) is 2.30. The van der Waals surface area contributed by atoms with E-state index < -0.39 is 11.4 Å². The average molecular weight is 239 g/mol. The summed E-state index contributed by atoms with van der Waals surface area (Å²) in [5.74, 6) is -0.575. The Kier molecular flexibility index (Phi) is 3.40. The number of nitrogen functional groups attached to an aromatic ring is 1. The van der Waals surface area contributed by atoms with Gasteiger partial charge >= 0.3 is 0 Å². The van der Waals surface area contributed by atoms with Crippen molar-refractivity contribution in [2.45, 2.75) is 25.8 Å². The Balaban J connectivity index is 2.79. The van der Waals surface area contributed by atoms with Crippen LogP contribution in [0.25, 0.3) is 0 Å². The molecule has 0 aromatic carbocycles. The number of hydrogen-bond donors (Lipinski definition) is 3. The summed E-state index contributed by atoms with van der Waals surface area (Å²) < 4.78 is 1.40. The molecule has 17 heavy (non-hydrogen) atoms. The van der Waals surface area contributed by atoms with Crippen LogP contribution in [-0.4, -0.2) is 27.1 Å². The summed E-state index contributed by atoms with van der Waals surface area (Å²) in [6.45, 7) is 3.42. The SMILES string of the molecule is Cn1ncc(C(=O)NC(C)(C)CC(N)=O)c1N. The second-order valence-corrected chi connectivity index (χ2v) is 4.55. The molecule has 0 aliphatic heterocycles. The molecule has 0 atom stereocenters. The molecule has 0 saturated heterocycles. The van der Waals surface area contributed by atoms with E-state index in [0.29, 0.717) is 0 Å². The van der Waals surface area contributed by atoms with Crippen LogP contribution in [0.1, 0.15) is 30.6 Å². The molecular weight excluding hydrogens is 222 g/mol. The molecule has 1 aromatic heterocycles. The summed E-state index contributed by atoms with van der Waals surface area (Å²) in [6, 6.07) is 0. The van der Waals surface area contributed by atoms with E-state index in [0.717, 1.165) is 0 Å². The molecule has 0 fully saturated rings. The fourth-order valence-corrected chi connectivity index (χ4v) is 1.48. The van der Waals surface area contributed by atoms with Crippen molar-refractivity contribution >= 4 is 17.6 Å². The molecule has 1 rings (SSSR count). The summed E-state index contributed by atoms with van der Waals surface area (Å²) in [5.41, 5.74) is 10.3. The van der Waals surface area contributed by atoms with Crippen LogP contribution >= 0.6 is 0 Å². The molecule has 0 aliphatic carbocycles. The first-order valence-electron chi connectivity index (χ1n) is 5.11. The Labute approximate surface area is 99.1 Å². The Morgan fingerprint density at radius 3 is 2.53 bits per heavy atom. The van der Waals surface area contributed by atoms with E-state index in [-0.39, 0.29) is 23.7 Å². The number of aryl methyl sites for hydroxylation is 1. The number of primary amides is 1. The first-order chi connectivity index (χ1) is 7.73. The number of hydrogen-bond acceptors (Lipinski definition) is 4. The molecule has 0 spiro atoms. The molecular formula is C10H17N5O2. The van der Waals surface area contributed by atoms with Gasteiger partial charge in [-0.3, -0.25) is 14.3 Å². The maximum absolute atomic E-state index is 11.9. The van der Waals surface area contributed by atoms with Crippen LogP contribution in [0.15, 0.2) is 6.20 Å². The highest BCUT2D eigenvalue weighted by Gasteiger charge is 2.25. The Morgan fingerprint density at radius 2 is 2.12 bits per heavy atom. The summed E-state index contributed by atoms with van der Waals surface area (Å²) in [7, 11) is 1.64. The van der Waals surface area contributed by atoms with Crippen molar-refractivity contribution in [1.29, 1.82) is 0 Å². The quantitative estimate of drug-likeness (QED) is 0.649. The third-order valence-corrected chi connectivity index (χ3v) is 2.30. The van der Waals surface area contributed by atoms with Gasteiger partial charge < -0.3 is 16.8 Å². The number of aromatic nitrogens is 2. The van der Waals surface area contributed by atoms with Crippen LogP contribution in [0.4, 0.5) is 5.82 Å². The zero-order valence-electron chi connectivity index (χ0n) is 10.2. The number of nitrogens with one attached hydrogen (secondary N) is 1. The van der Waals surface area contributed by atoms with E-state index in [2.05, 4.69) is 10.4 Å². The van der Waals surface area contributed by atoms with Gasteiger partial charge in [-0.15, -0.1) is 0 Å². The molecule has 1 heterocycles. The first kappa shape index (κ1) is 13.0. The average Bonchev–Trinajstić information content (AvgIpc) is 2.44. The zero-order chi connectivity index (χ0) is 13.2. The maximum Gasteiger partial charge on any atom is 0.257 e. The smallest absolute Gasteiger partial charge is 0.257 e. The van der Waals surface area contributed by atoms with Gasteiger partial charge in [0.2, 0.25) is 5.91 Å². The van der Waals surface area contributed by atoms with Gasteiger partial charge in [-0.2, -0.15) is 5.10 Å². The number of nitrogens with two attached hydrogens (primary N) is 2. The maximum atomic E-state index is 11.9. The first-order valence-corrected chi connectivity index (χ1v) is 5.11. The van der Waals surface area contributed by atoms with Crippen molar-refractivity contribution < 1.29 is 9.59 Å². The second kappa shape index (κ2) is 4.44. The third kappa shape index (κ3) is 3.20. The lowest BCUT2D eigenvalue weighted by atomic mass is 10.00. The van der Waals surface area contributed by atoms with Gasteiger partial charge in [-0.05, 0) is 13.8 Å². The van der Waals surface area contributed by atoms with Crippen LogP contribution < -0.4 is 16.8 Å². The van der Waals surface area contributed by atoms with Crippen molar-refractivity contribution in [1.82, 2.24) is 15.1 Å². The van der Waals surface area contributed by atoms with Crippen LogP contribution in [0.5, 0.6) is 0 Å². The minimum atomic E-state index is -0.717. The molecule has 1 aromatic rings. The minimum absolute atomic E-state index is 0.0545. The van der Waals surface area contributed by atoms with E-state index in [1.165, 1.54) is 10.9 Å². The molecule has 94 valence electrons. The summed E-state index contributed by atoms with van der Waals surface area (Å²) in [6.07, 6.45) is 1.43. The number of nitrogens with zero attached hydrogens (tertiary/aromatic N) is 2. The van der Waals surface area contributed by atoms with Crippen molar-refractivity contribution in [3.05, 3.63) is 11.8 Å². The molecule has 0 aliphatic rings. The lowest BCUT2D eigenvalue weighted by molar-refractivity contribution is -0.119. The normalized spacial score (nSPS) is 11.2. The second-order valence-electron chi connectivity index (χ2n) is 4.55. The number of carbonyl (C=O) groups is 2. The monoisotopic (exact) mass is 239 g/mol. The van der Waals surface area contributed by atoms with Gasteiger partial charge in [0.05, 0.1) is 6.20 Å². The standard InChI is InChI=1S/C10H17N5O2/c1-10(2,4-7(11)16)14-9(17)6-5-13-15(3)8(6)12/h5H,4,12H2,1-3H3,(H2,11,16)(H,14,17). The lowest BCUT2D eigenvalue weighted by Gasteiger charge is -2.24. The van der Waals surface area contributed by atoms with Gasteiger partial charge in [-0.1, -0.05) is 0 Å². The van der Waals surface area contributed by atoms with Crippen molar-refractivity contribution in [3.8, 4) is 0 Å². The largest absolute Gasteiger partial charge is 0.383 e. The van der Waals surface area contributed by atoms with Gasteiger partial charge in [0.1, 0.15) is 11.4 Å². The predicted molar refractivity (Wildman–Crippen MR) is 63.0 cm³/mol. The van der Waals surface area contributed by atoms with Crippen LogP contribution in [0.3, 0.4) is 0 Å². The molecule has 0 bridgehead atoms. The summed E-state index contributed by atoms with van der Waals surface area (Å²) in [5, 5.41) is 6.55.